The molecular formula is C22H18ClF4N3O3. The van der Waals surface area contributed by atoms with E-state index >= 15 is 0 Å². The van der Waals surface area contributed by atoms with Crippen LogP contribution in [-0.2, 0) is 23.9 Å². The zero-order valence-corrected chi connectivity index (χ0v) is 18.0. The van der Waals surface area contributed by atoms with Crippen LogP contribution in [0.2, 0.25) is 5.02 Å². The summed E-state index contributed by atoms with van der Waals surface area (Å²) in [6, 6.07) is 7.54. The molecule has 0 bridgehead atoms. The van der Waals surface area contributed by atoms with Crippen LogP contribution in [-0.4, -0.2) is 27.2 Å². The molecule has 0 aliphatic heterocycles. The predicted octanol–water partition coefficient (Wildman–Crippen LogP) is 4.20. The van der Waals surface area contributed by atoms with Crippen LogP contribution in [0.4, 0.5) is 23.2 Å². The predicted molar refractivity (Wildman–Crippen MR) is 115 cm³/mol. The lowest BCUT2D eigenvalue weighted by atomic mass is 10.1. The van der Waals surface area contributed by atoms with Gasteiger partial charge in [0.1, 0.15) is 18.2 Å². The first-order valence-electron chi connectivity index (χ1n) is 9.65. The number of rotatable bonds is 6. The van der Waals surface area contributed by atoms with Crippen molar-refractivity contribution < 1.29 is 27.5 Å². The third-order valence-corrected chi connectivity index (χ3v) is 5.13. The highest BCUT2D eigenvalue weighted by Crippen LogP contribution is 2.33. The molecule has 0 aliphatic carbocycles. The summed E-state index contributed by atoms with van der Waals surface area (Å²) in [5, 5.41) is 11.4. The topological polar surface area (TPSA) is 84.2 Å². The van der Waals surface area contributed by atoms with Gasteiger partial charge in [0.05, 0.1) is 16.3 Å². The molecule has 33 heavy (non-hydrogen) atoms. The van der Waals surface area contributed by atoms with Gasteiger partial charge in [-0.25, -0.2) is 9.37 Å². The van der Waals surface area contributed by atoms with Crippen molar-refractivity contribution in [3.63, 3.8) is 0 Å². The number of carbonyl (C=O) groups excluding carboxylic acids is 1. The van der Waals surface area contributed by atoms with Crippen LogP contribution in [0.3, 0.4) is 0 Å². The molecule has 2 N–H and O–H groups in total. The minimum atomic E-state index is -4.64. The fourth-order valence-electron chi connectivity index (χ4n) is 3.20. The minimum Gasteiger partial charge on any atom is -0.396 e. The van der Waals surface area contributed by atoms with Gasteiger partial charge in [-0.1, -0.05) is 11.6 Å². The number of aliphatic hydroxyl groups excluding tert-OH is 1. The Morgan fingerprint density at radius 3 is 2.45 bits per heavy atom. The molecule has 1 heterocycles. The second-order valence-electron chi connectivity index (χ2n) is 7.11. The van der Waals surface area contributed by atoms with E-state index in [2.05, 4.69) is 10.3 Å². The number of carbonyl (C=O) groups is 1. The van der Waals surface area contributed by atoms with Gasteiger partial charge in [-0.2, -0.15) is 13.2 Å². The molecule has 1 amide bonds. The van der Waals surface area contributed by atoms with Crippen LogP contribution < -0.4 is 10.9 Å². The summed E-state index contributed by atoms with van der Waals surface area (Å²) in [6.45, 7) is 0.621. The monoisotopic (exact) mass is 483 g/mol. The first kappa shape index (κ1) is 24.4. The minimum absolute atomic E-state index is 0.0115. The number of amides is 1. The Balaban J connectivity index is 2.02. The largest absolute Gasteiger partial charge is 0.416 e. The second kappa shape index (κ2) is 9.72. The van der Waals surface area contributed by atoms with Gasteiger partial charge in [-0.05, 0) is 49.4 Å². The molecule has 0 radical (unpaired) electrons. The smallest absolute Gasteiger partial charge is 0.396 e. The maximum absolute atomic E-state index is 13.4. The van der Waals surface area contributed by atoms with Crippen LogP contribution in [0.5, 0.6) is 0 Å². The lowest BCUT2D eigenvalue weighted by molar-refractivity contribution is -0.137. The first-order chi connectivity index (χ1) is 15.5. The quantitative estimate of drug-likeness (QED) is 0.515. The van der Waals surface area contributed by atoms with Crippen molar-refractivity contribution in [2.45, 2.75) is 26.1 Å². The van der Waals surface area contributed by atoms with Crippen molar-refractivity contribution >= 4 is 23.2 Å². The molecule has 0 aliphatic rings. The first-order valence-corrected chi connectivity index (χ1v) is 10.0. The highest BCUT2D eigenvalue weighted by molar-refractivity contribution is 6.33. The Kier molecular flexibility index (Phi) is 7.19. The zero-order valence-electron chi connectivity index (χ0n) is 17.2. The Morgan fingerprint density at radius 2 is 1.85 bits per heavy atom. The van der Waals surface area contributed by atoms with E-state index in [1.54, 1.807) is 6.92 Å². The molecule has 2 aromatic carbocycles. The Morgan fingerprint density at radius 1 is 1.18 bits per heavy atom. The van der Waals surface area contributed by atoms with Crippen molar-refractivity contribution in [3.05, 3.63) is 80.5 Å². The molecular weight excluding hydrogens is 466 g/mol. The average molecular weight is 484 g/mol. The van der Waals surface area contributed by atoms with Gasteiger partial charge >= 0.3 is 6.18 Å². The van der Waals surface area contributed by atoms with Crippen LogP contribution in [0.25, 0.3) is 11.4 Å². The van der Waals surface area contributed by atoms with Crippen LogP contribution in [0, 0.1) is 12.7 Å². The third kappa shape index (κ3) is 5.58. The normalized spacial score (nSPS) is 11.5. The number of nitrogens with one attached hydrogen (secondary N) is 1. The highest BCUT2D eigenvalue weighted by atomic mass is 35.5. The number of hydrogen-bond donors (Lipinski definition) is 2. The van der Waals surface area contributed by atoms with Gasteiger partial charge < -0.3 is 10.4 Å². The summed E-state index contributed by atoms with van der Waals surface area (Å²) >= 11 is 5.93. The number of nitrogens with zero attached hydrogens (tertiary/aromatic N) is 2. The molecule has 174 valence electrons. The van der Waals surface area contributed by atoms with E-state index in [0.29, 0.717) is 17.3 Å². The summed E-state index contributed by atoms with van der Waals surface area (Å²) in [4.78, 5) is 30.1. The number of hydrogen-bond acceptors (Lipinski definition) is 4. The molecule has 0 unspecified atom stereocenters. The summed E-state index contributed by atoms with van der Waals surface area (Å²) in [5.74, 6) is -1.29. The van der Waals surface area contributed by atoms with Crippen LogP contribution in [0.1, 0.15) is 16.8 Å². The van der Waals surface area contributed by atoms with Gasteiger partial charge in [-0.15, -0.1) is 0 Å². The fourth-order valence-corrected chi connectivity index (χ4v) is 3.36. The molecule has 11 heteroatoms. The number of halogens is 5. The van der Waals surface area contributed by atoms with Gasteiger partial charge in [0.25, 0.3) is 5.56 Å². The van der Waals surface area contributed by atoms with Crippen molar-refractivity contribution in [1.82, 2.24) is 9.55 Å². The molecule has 0 saturated carbocycles. The van der Waals surface area contributed by atoms with Crippen molar-refractivity contribution in [2.24, 2.45) is 0 Å². The molecule has 3 aromatic rings. The maximum Gasteiger partial charge on any atom is 0.416 e. The van der Waals surface area contributed by atoms with Crippen molar-refractivity contribution in [1.29, 1.82) is 0 Å². The van der Waals surface area contributed by atoms with Gasteiger partial charge in [-0.3, -0.25) is 14.2 Å². The average Bonchev–Trinajstić information content (AvgIpc) is 2.74. The molecule has 3 rings (SSSR count). The van der Waals surface area contributed by atoms with Gasteiger partial charge in [0.15, 0.2) is 0 Å². The molecule has 0 saturated heterocycles. The van der Waals surface area contributed by atoms with Crippen molar-refractivity contribution in [3.8, 4) is 11.4 Å². The Hall–Kier alpha value is -3.24. The van der Waals surface area contributed by atoms with E-state index in [1.165, 1.54) is 12.1 Å². The Bertz CT molecular complexity index is 1240. The van der Waals surface area contributed by atoms with Gasteiger partial charge in [0, 0.05) is 29.8 Å². The zero-order chi connectivity index (χ0) is 24.3. The molecule has 6 nitrogen and oxygen atoms in total. The highest BCUT2D eigenvalue weighted by Gasteiger charge is 2.31. The lowest BCUT2D eigenvalue weighted by Crippen LogP contribution is -2.33. The Labute approximate surface area is 190 Å². The molecule has 1 aromatic heterocycles. The van der Waals surface area contributed by atoms with E-state index in [0.717, 1.165) is 28.8 Å². The molecule has 0 atom stereocenters. The molecule has 0 spiro atoms. The maximum atomic E-state index is 13.4. The number of aromatic nitrogens is 2. The van der Waals surface area contributed by atoms with Crippen LogP contribution in [0.15, 0.2) is 47.3 Å². The number of alkyl halides is 3. The molecule has 0 fully saturated rings. The summed E-state index contributed by atoms with van der Waals surface area (Å²) < 4.78 is 53.4. The third-order valence-electron chi connectivity index (χ3n) is 4.80. The van der Waals surface area contributed by atoms with E-state index in [1.807, 2.05) is 0 Å². The number of benzene rings is 2. The lowest BCUT2D eigenvalue weighted by Gasteiger charge is -2.16. The van der Waals surface area contributed by atoms with E-state index < -0.39 is 35.6 Å². The van der Waals surface area contributed by atoms with E-state index in [4.69, 9.17) is 11.6 Å². The number of aliphatic hydroxyl groups is 1. The van der Waals surface area contributed by atoms with E-state index in [-0.39, 0.29) is 35.1 Å². The van der Waals surface area contributed by atoms with E-state index in [9.17, 15) is 32.3 Å². The summed E-state index contributed by atoms with van der Waals surface area (Å²) in [7, 11) is 0. The standard InChI is InChI=1S/C22H18ClF4N3O3/c1-12-16(8-9-31)21(33)30(20(28-12)13-2-5-15(24)6-3-13)11-19(32)29-18-10-14(22(25,26)27)4-7-17(18)23/h2-7,10,31H,8-9,11H2,1H3,(H,29,32). The second-order valence-corrected chi connectivity index (χ2v) is 7.52. The van der Waals surface area contributed by atoms with Gasteiger partial charge in [0.2, 0.25) is 5.91 Å². The van der Waals surface area contributed by atoms with Crippen LogP contribution >= 0.6 is 11.6 Å². The summed E-state index contributed by atoms with van der Waals surface area (Å²) in [5.41, 5.74) is -1.05. The van der Waals surface area contributed by atoms with Crippen molar-refractivity contribution in [2.75, 3.05) is 11.9 Å². The number of aryl methyl sites for hydroxylation is 1. The fraction of sp³-hybridized carbons (Fsp3) is 0.227. The SMILES string of the molecule is Cc1nc(-c2ccc(F)cc2)n(CC(=O)Nc2cc(C(F)(F)F)ccc2Cl)c(=O)c1CCO. The summed E-state index contributed by atoms with van der Waals surface area (Å²) in [6.07, 6.45) is -4.65. The number of anilines is 1.